The van der Waals surface area contributed by atoms with E-state index in [4.69, 9.17) is 19.3 Å². The number of halogens is 5. The highest BCUT2D eigenvalue weighted by Crippen LogP contribution is 2.29. The van der Waals surface area contributed by atoms with Crippen LogP contribution in [0, 0.1) is 29.1 Å². The van der Waals surface area contributed by atoms with Crippen LogP contribution in [0.3, 0.4) is 0 Å². The van der Waals surface area contributed by atoms with Crippen molar-refractivity contribution in [3.63, 3.8) is 0 Å². The zero-order valence-electron chi connectivity index (χ0n) is 17.1. The quantitative estimate of drug-likeness (QED) is 0.154. The summed E-state index contributed by atoms with van der Waals surface area (Å²) in [5.74, 6) is -12.9. The van der Waals surface area contributed by atoms with Gasteiger partial charge in [-0.1, -0.05) is 30.3 Å². The van der Waals surface area contributed by atoms with E-state index in [0.29, 0.717) is 5.56 Å². The molecule has 0 heterocycles. The Morgan fingerprint density at radius 3 is 1.74 bits per heavy atom. The van der Waals surface area contributed by atoms with E-state index >= 15 is 0 Å². The third-order valence-corrected chi connectivity index (χ3v) is 5.71. The van der Waals surface area contributed by atoms with Crippen LogP contribution in [0.4, 0.5) is 22.0 Å². The Bertz CT molecular complexity index is 1200. The van der Waals surface area contributed by atoms with Gasteiger partial charge in [0, 0.05) is 0 Å². The van der Waals surface area contributed by atoms with Crippen molar-refractivity contribution < 1.29 is 54.4 Å². The number of rotatable bonds is 6. The molecule has 182 valence electrons. The molecular formula is C20H16BF5O7S. The maximum absolute atomic E-state index is 12.7. The highest BCUT2D eigenvalue weighted by molar-refractivity contribution is 7.87. The minimum atomic E-state index is -3.76. The first kappa shape index (κ1) is 26.9. The van der Waals surface area contributed by atoms with Crippen LogP contribution in [-0.4, -0.2) is 30.9 Å². The van der Waals surface area contributed by atoms with E-state index in [1.165, 1.54) is 24.3 Å². The standard InChI is InChI=1S/C14H14O4S.C6H2BF5O3/c1-11(12-5-3-2-4-6-12)19(16,17)18-14-9-7-13(15)8-10-14;8-1-2(9)4(11)6(15-7(13)14)5(12)3(1)10/h2-11,15H,1H3;13-14H. The van der Waals surface area contributed by atoms with Gasteiger partial charge in [0.15, 0.2) is 5.75 Å². The summed E-state index contributed by atoms with van der Waals surface area (Å²) in [6.45, 7) is 1.57. The van der Waals surface area contributed by atoms with E-state index in [1.54, 1.807) is 31.2 Å². The van der Waals surface area contributed by atoms with E-state index in [1.807, 2.05) is 6.07 Å². The van der Waals surface area contributed by atoms with Gasteiger partial charge < -0.3 is 24.0 Å². The highest BCUT2D eigenvalue weighted by Gasteiger charge is 2.29. The Morgan fingerprint density at radius 1 is 0.794 bits per heavy atom. The maximum atomic E-state index is 12.7. The predicted octanol–water partition coefficient (Wildman–Crippen LogP) is 3.59. The fraction of sp³-hybridized carbons (Fsp3) is 0.100. The Balaban J connectivity index is 0.000000248. The molecule has 0 bridgehead atoms. The molecule has 0 fully saturated rings. The summed E-state index contributed by atoms with van der Waals surface area (Å²) in [7, 11) is -6.46. The van der Waals surface area contributed by atoms with E-state index in [-0.39, 0.29) is 11.5 Å². The fourth-order valence-electron chi connectivity index (χ4n) is 2.39. The Hall–Kier alpha value is -3.36. The third-order valence-electron chi connectivity index (χ3n) is 4.14. The van der Waals surface area contributed by atoms with Crippen molar-refractivity contribution in [1.29, 1.82) is 0 Å². The van der Waals surface area contributed by atoms with E-state index in [9.17, 15) is 30.4 Å². The highest BCUT2D eigenvalue weighted by atomic mass is 32.2. The first-order valence-corrected chi connectivity index (χ1v) is 10.6. The average Bonchev–Trinajstić information content (AvgIpc) is 2.81. The number of hydrogen-bond donors (Lipinski definition) is 3. The van der Waals surface area contributed by atoms with E-state index < -0.39 is 57.5 Å². The van der Waals surface area contributed by atoms with E-state index in [0.717, 1.165) is 0 Å². The molecule has 34 heavy (non-hydrogen) atoms. The molecule has 1 atom stereocenters. The van der Waals surface area contributed by atoms with Gasteiger partial charge in [0.1, 0.15) is 16.7 Å². The molecule has 0 spiro atoms. The first-order valence-electron chi connectivity index (χ1n) is 9.16. The Kier molecular flexibility index (Phi) is 8.84. The molecular weight excluding hydrogens is 490 g/mol. The molecule has 0 saturated heterocycles. The molecule has 1 unspecified atom stereocenters. The summed E-state index contributed by atoms with van der Waals surface area (Å²) in [4.78, 5) is 0. The number of phenols is 1. The summed E-state index contributed by atoms with van der Waals surface area (Å²) < 4.78 is 95.6. The second-order valence-electron chi connectivity index (χ2n) is 6.47. The van der Waals surface area contributed by atoms with Crippen LogP contribution >= 0.6 is 0 Å². The topological polar surface area (TPSA) is 113 Å². The molecule has 3 rings (SSSR count). The number of phenolic OH excluding ortho intramolecular Hbond substituents is 1. The first-order chi connectivity index (χ1) is 15.8. The smallest absolute Gasteiger partial charge is 0.508 e. The molecule has 7 nitrogen and oxygen atoms in total. The third kappa shape index (κ3) is 6.59. The average molecular weight is 506 g/mol. The lowest BCUT2D eigenvalue weighted by molar-refractivity contribution is 0.263. The van der Waals surface area contributed by atoms with Gasteiger partial charge in [-0.2, -0.15) is 17.2 Å². The predicted molar refractivity (Wildman–Crippen MR) is 110 cm³/mol. The molecule has 0 aliphatic rings. The van der Waals surface area contributed by atoms with Crippen molar-refractivity contribution in [3.05, 3.63) is 89.2 Å². The van der Waals surface area contributed by atoms with Gasteiger partial charge >= 0.3 is 17.4 Å². The summed E-state index contributed by atoms with van der Waals surface area (Å²) >= 11 is 0. The molecule has 0 radical (unpaired) electrons. The summed E-state index contributed by atoms with van der Waals surface area (Å²) in [6, 6.07) is 14.4. The van der Waals surface area contributed by atoms with Crippen molar-refractivity contribution >= 4 is 17.4 Å². The fourth-order valence-corrected chi connectivity index (χ4v) is 3.41. The minimum Gasteiger partial charge on any atom is -0.508 e. The lowest BCUT2D eigenvalue weighted by Crippen LogP contribution is -2.23. The van der Waals surface area contributed by atoms with Crippen LogP contribution in [0.1, 0.15) is 17.7 Å². The molecule has 0 amide bonds. The van der Waals surface area contributed by atoms with Crippen molar-refractivity contribution in [1.82, 2.24) is 0 Å². The van der Waals surface area contributed by atoms with Crippen LogP contribution < -0.4 is 8.84 Å². The normalized spacial score (nSPS) is 11.8. The minimum absolute atomic E-state index is 0.0563. The SMILES string of the molecule is CC(c1ccccc1)S(=O)(=O)Oc1ccc(O)cc1.OB(O)Oc1c(F)c(F)c(F)c(F)c1F. The van der Waals surface area contributed by atoms with Crippen LogP contribution in [0.2, 0.25) is 0 Å². The van der Waals surface area contributed by atoms with Crippen LogP contribution in [0.5, 0.6) is 17.2 Å². The summed E-state index contributed by atoms with van der Waals surface area (Å²) in [5, 5.41) is 24.7. The monoisotopic (exact) mass is 506 g/mol. The maximum Gasteiger partial charge on any atom is 0.707 e. The number of aromatic hydroxyl groups is 1. The van der Waals surface area contributed by atoms with Gasteiger partial charge in [0.05, 0.1) is 0 Å². The molecule has 0 aliphatic carbocycles. The second-order valence-corrected chi connectivity index (χ2v) is 8.33. The van der Waals surface area contributed by atoms with Gasteiger partial charge in [0.2, 0.25) is 29.1 Å². The number of hydrogen-bond acceptors (Lipinski definition) is 7. The van der Waals surface area contributed by atoms with Crippen LogP contribution in [0.15, 0.2) is 54.6 Å². The van der Waals surface area contributed by atoms with Gasteiger partial charge in [0.25, 0.3) is 0 Å². The molecule has 0 aromatic heterocycles. The van der Waals surface area contributed by atoms with E-state index in [2.05, 4.69) is 4.65 Å². The summed E-state index contributed by atoms with van der Waals surface area (Å²) in [6.07, 6.45) is 0. The largest absolute Gasteiger partial charge is 0.707 e. The number of benzene rings is 3. The Labute approximate surface area is 190 Å². The zero-order chi connectivity index (χ0) is 25.6. The van der Waals surface area contributed by atoms with Gasteiger partial charge in [-0.3, -0.25) is 0 Å². The van der Waals surface area contributed by atoms with Crippen molar-refractivity contribution in [3.8, 4) is 17.2 Å². The molecule has 3 N–H and O–H groups in total. The van der Waals surface area contributed by atoms with Gasteiger partial charge in [-0.05, 0) is 36.8 Å². The van der Waals surface area contributed by atoms with Crippen LogP contribution in [0.25, 0.3) is 0 Å². The van der Waals surface area contributed by atoms with Gasteiger partial charge in [-0.15, -0.1) is 0 Å². The molecule has 3 aromatic carbocycles. The summed E-state index contributed by atoms with van der Waals surface area (Å²) in [5.41, 5.74) is 0.668. The second kappa shape index (κ2) is 11.2. The molecule has 0 aliphatic heterocycles. The Morgan fingerprint density at radius 2 is 1.26 bits per heavy atom. The van der Waals surface area contributed by atoms with Crippen LogP contribution in [-0.2, 0) is 10.1 Å². The van der Waals surface area contributed by atoms with Crippen molar-refractivity contribution in [2.75, 3.05) is 0 Å². The van der Waals surface area contributed by atoms with Crippen molar-refractivity contribution in [2.45, 2.75) is 12.2 Å². The van der Waals surface area contributed by atoms with Crippen molar-refractivity contribution in [2.24, 2.45) is 0 Å². The lowest BCUT2D eigenvalue weighted by atomic mass is 10.2. The van der Waals surface area contributed by atoms with Gasteiger partial charge in [-0.25, -0.2) is 13.2 Å². The molecule has 3 aromatic rings. The molecule has 0 saturated carbocycles. The molecule has 14 heteroatoms. The lowest BCUT2D eigenvalue weighted by Gasteiger charge is -2.14. The zero-order valence-corrected chi connectivity index (χ0v) is 17.9.